The van der Waals surface area contributed by atoms with E-state index in [2.05, 4.69) is 0 Å². The minimum absolute atomic E-state index is 0.0764. The van der Waals surface area contributed by atoms with E-state index in [-0.39, 0.29) is 17.3 Å². The van der Waals surface area contributed by atoms with Crippen molar-refractivity contribution in [1.29, 1.82) is 0 Å². The van der Waals surface area contributed by atoms with E-state index in [0.717, 1.165) is 25.7 Å². The maximum atomic E-state index is 10.6. The van der Waals surface area contributed by atoms with Gasteiger partial charge in [0.15, 0.2) is 0 Å². The zero-order chi connectivity index (χ0) is 8.61. The third-order valence-corrected chi connectivity index (χ3v) is 3.84. The second kappa shape index (κ2) is 1.35. The van der Waals surface area contributed by atoms with E-state index in [9.17, 15) is 4.79 Å². The van der Waals surface area contributed by atoms with E-state index in [4.69, 9.17) is 6.48 Å². The highest BCUT2D eigenvalue weighted by Crippen LogP contribution is 2.93. The first-order chi connectivity index (χ1) is 5.58. The first-order valence-electron chi connectivity index (χ1n) is 4.80. The van der Waals surface area contributed by atoms with Crippen LogP contribution in [0.4, 0.5) is 0 Å². The molecular formula is C9H12O2. The summed E-state index contributed by atoms with van der Waals surface area (Å²) in [4.78, 5) is 10.6. The van der Waals surface area contributed by atoms with E-state index >= 15 is 0 Å². The summed E-state index contributed by atoms with van der Waals surface area (Å²) < 4.78 is 8.12. The van der Waals surface area contributed by atoms with E-state index < -0.39 is 11.9 Å². The van der Waals surface area contributed by atoms with E-state index in [1.54, 1.807) is 0 Å². The summed E-state index contributed by atoms with van der Waals surface area (Å²) in [5.74, 6) is -1.36. The standard InChI is InChI=1S/C9H12O2/c10-7(11)5-6-8(1-2-8)9(6)3-4-9/h6H,1-5H2,(H,10,11)/i6D. The molecule has 0 atom stereocenters. The van der Waals surface area contributed by atoms with Crippen LogP contribution in [0.15, 0.2) is 0 Å². The summed E-state index contributed by atoms with van der Waals surface area (Å²) in [5, 5.41) is 8.69. The maximum absolute atomic E-state index is 10.6. The lowest BCUT2D eigenvalue weighted by molar-refractivity contribution is -0.137. The van der Waals surface area contributed by atoms with Gasteiger partial charge in [-0.15, -0.1) is 0 Å². The number of hydrogen-bond donors (Lipinski definition) is 1. The summed E-state index contributed by atoms with van der Waals surface area (Å²) in [6.45, 7) is 0. The predicted octanol–water partition coefficient (Wildman–Crippen LogP) is 1.65. The van der Waals surface area contributed by atoms with E-state index in [1.165, 1.54) is 0 Å². The Morgan fingerprint density at radius 1 is 1.45 bits per heavy atom. The second-order valence-electron chi connectivity index (χ2n) is 4.21. The molecule has 0 saturated heterocycles. The fourth-order valence-corrected chi connectivity index (χ4v) is 3.02. The molecule has 60 valence electrons. The molecule has 3 aliphatic carbocycles. The van der Waals surface area contributed by atoms with Gasteiger partial charge in [0.05, 0.1) is 0 Å². The summed E-state index contributed by atoms with van der Waals surface area (Å²) >= 11 is 0. The van der Waals surface area contributed by atoms with Crippen molar-refractivity contribution >= 4 is 5.97 Å². The zero-order valence-electron chi connectivity index (χ0n) is 7.39. The van der Waals surface area contributed by atoms with Crippen LogP contribution in [0.3, 0.4) is 0 Å². The Balaban J connectivity index is 1.89. The highest BCUT2D eigenvalue weighted by molar-refractivity contribution is 5.69. The highest BCUT2D eigenvalue weighted by atomic mass is 16.4. The highest BCUT2D eigenvalue weighted by Gasteiger charge is 2.86. The average molecular weight is 153 g/mol. The zero-order valence-corrected chi connectivity index (χ0v) is 6.39. The van der Waals surface area contributed by atoms with Crippen LogP contribution in [0, 0.1) is 16.7 Å². The quantitative estimate of drug-likeness (QED) is 0.655. The first kappa shape index (κ1) is 5.18. The Morgan fingerprint density at radius 2 is 1.91 bits per heavy atom. The van der Waals surface area contributed by atoms with Crippen LogP contribution in [0.2, 0.25) is 0 Å². The number of fused-ring (bicyclic) bond motifs is 1. The lowest BCUT2D eigenvalue weighted by Crippen LogP contribution is -1.97. The molecule has 3 rings (SSSR count). The fraction of sp³-hybridized carbons (Fsp3) is 0.889. The van der Waals surface area contributed by atoms with Crippen molar-refractivity contribution in [2.75, 3.05) is 0 Å². The second-order valence-corrected chi connectivity index (χ2v) is 4.21. The van der Waals surface area contributed by atoms with E-state index in [1.807, 2.05) is 0 Å². The van der Waals surface area contributed by atoms with Crippen molar-refractivity contribution in [3.05, 3.63) is 0 Å². The van der Waals surface area contributed by atoms with Gasteiger partial charge in [0.2, 0.25) is 0 Å². The number of aliphatic carboxylic acids is 1. The largest absolute Gasteiger partial charge is 0.481 e. The lowest BCUT2D eigenvalue weighted by atomic mass is 10.2. The monoisotopic (exact) mass is 153 g/mol. The van der Waals surface area contributed by atoms with Crippen molar-refractivity contribution in [3.8, 4) is 0 Å². The molecule has 1 N–H and O–H groups in total. The number of rotatable bonds is 2. The van der Waals surface area contributed by atoms with Gasteiger partial charge in [-0.25, -0.2) is 0 Å². The first-order valence-corrected chi connectivity index (χ1v) is 4.30. The normalized spacial score (nSPS) is 47.1. The third-order valence-electron chi connectivity index (χ3n) is 3.84. The molecule has 3 aliphatic rings. The molecule has 0 amide bonds. The van der Waals surface area contributed by atoms with Crippen LogP contribution in [0.5, 0.6) is 0 Å². The number of hydrogen-bond acceptors (Lipinski definition) is 1. The molecule has 0 unspecified atom stereocenters. The molecule has 0 aromatic carbocycles. The molecule has 2 spiro atoms. The topological polar surface area (TPSA) is 37.3 Å². The minimum Gasteiger partial charge on any atom is -0.481 e. The van der Waals surface area contributed by atoms with Crippen molar-refractivity contribution in [3.63, 3.8) is 0 Å². The summed E-state index contributed by atoms with van der Waals surface area (Å²) in [5.41, 5.74) is 0.358. The minimum atomic E-state index is -0.792. The van der Waals surface area contributed by atoms with Crippen LogP contribution >= 0.6 is 0 Å². The number of carboxylic acid groups (broad SMARTS) is 1. The predicted molar refractivity (Wildman–Crippen MR) is 39.1 cm³/mol. The van der Waals surface area contributed by atoms with Gasteiger partial charge in [-0.3, -0.25) is 4.79 Å². The van der Waals surface area contributed by atoms with Gasteiger partial charge in [0.25, 0.3) is 0 Å². The molecule has 11 heavy (non-hydrogen) atoms. The van der Waals surface area contributed by atoms with Gasteiger partial charge in [0.1, 0.15) is 0 Å². The van der Waals surface area contributed by atoms with Gasteiger partial charge in [-0.2, -0.15) is 0 Å². The van der Waals surface area contributed by atoms with Gasteiger partial charge in [-0.05, 0) is 42.4 Å². The Kier molecular flexibility index (Phi) is 0.633. The van der Waals surface area contributed by atoms with E-state index in [0.29, 0.717) is 0 Å². The molecule has 0 heterocycles. The van der Waals surface area contributed by atoms with Crippen LogP contribution in [-0.4, -0.2) is 11.1 Å². The van der Waals surface area contributed by atoms with Crippen LogP contribution in [-0.2, 0) is 4.79 Å². The molecule has 3 fully saturated rings. The molecular weight excluding hydrogens is 140 g/mol. The summed E-state index contributed by atoms with van der Waals surface area (Å²) in [6, 6.07) is 0. The van der Waals surface area contributed by atoms with Gasteiger partial charge < -0.3 is 5.11 Å². The molecule has 0 aliphatic heterocycles. The third kappa shape index (κ3) is 0.501. The number of carboxylic acids is 1. The Bertz CT molecular complexity index is 258. The average Bonchev–Trinajstić information content (AvgIpc) is 2.81. The Hall–Kier alpha value is -0.530. The number of carbonyl (C=O) groups is 1. The Morgan fingerprint density at radius 3 is 2.18 bits per heavy atom. The van der Waals surface area contributed by atoms with Crippen molar-refractivity contribution in [1.82, 2.24) is 0 Å². The molecule has 0 aromatic heterocycles. The molecule has 2 nitrogen and oxygen atoms in total. The Labute approximate surface area is 67.0 Å². The van der Waals surface area contributed by atoms with Crippen molar-refractivity contribution in [2.45, 2.75) is 32.1 Å². The van der Waals surface area contributed by atoms with Crippen LogP contribution < -0.4 is 0 Å². The molecule has 0 bridgehead atoms. The molecule has 2 heteroatoms. The van der Waals surface area contributed by atoms with Crippen LogP contribution in [0.25, 0.3) is 0 Å². The summed E-state index contributed by atoms with van der Waals surface area (Å²) in [7, 11) is 0. The SMILES string of the molecule is [2H]C1(CC(=O)O)C2(CC2)C12CC2. The molecule has 0 radical (unpaired) electrons. The maximum Gasteiger partial charge on any atom is 0.303 e. The van der Waals surface area contributed by atoms with Crippen LogP contribution in [0.1, 0.15) is 33.5 Å². The van der Waals surface area contributed by atoms with Gasteiger partial charge in [0, 0.05) is 7.79 Å². The summed E-state index contributed by atoms with van der Waals surface area (Å²) in [6.07, 6.45) is 4.54. The van der Waals surface area contributed by atoms with Gasteiger partial charge in [-0.1, -0.05) is 0 Å². The smallest absolute Gasteiger partial charge is 0.303 e. The molecule has 0 aromatic rings. The van der Waals surface area contributed by atoms with Crippen molar-refractivity contribution in [2.24, 2.45) is 16.7 Å². The molecule has 3 saturated carbocycles. The van der Waals surface area contributed by atoms with Crippen molar-refractivity contribution < 1.29 is 11.3 Å². The lowest BCUT2D eigenvalue weighted by Gasteiger charge is -1.88. The fourth-order valence-electron chi connectivity index (χ4n) is 3.02. The van der Waals surface area contributed by atoms with Gasteiger partial charge >= 0.3 is 5.97 Å².